The predicted octanol–water partition coefficient (Wildman–Crippen LogP) is 0.952. The highest BCUT2D eigenvalue weighted by atomic mass is 32.2. The molecule has 1 aliphatic carbocycles. The molecule has 0 heterocycles. The van der Waals surface area contributed by atoms with Gasteiger partial charge in [0.1, 0.15) is 0 Å². The third-order valence-electron chi connectivity index (χ3n) is 3.29. The van der Waals surface area contributed by atoms with E-state index in [9.17, 15) is 8.42 Å². The van der Waals surface area contributed by atoms with E-state index in [2.05, 4.69) is 6.58 Å². The molecule has 0 aromatic rings. The highest BCUT2D eigenvalue weighted by Gasteiger charge is 2.35. The number of nitrogens with zero attached hydrogens (tertiary/aromatic N) is 1. The average molecular weight is 246 g/mol. The zero-order chi connectivity index (χ0) is 12.2. The van der Waals surface area contributed by atoms with Crippen LogP contribution in [0.5, 0.6) is 0 Å². The Morgan fingerprint density at radius 1 is 1.50 bits per heavy atom. The standard InChI is InChI=1S/C11H22N2O2S/c1-3-8-16(14,15)13(4-2)11-7-5-6-10(11)9-12/h3,10-11H,1,4-9,12H2,2H3. The Morgan fingerprint density at radius 3 is 2.69 bits per heavy atom. The van der Waals surface area contributed by atoms with Crippen molar-refractivity contribution in [3.63, 3.8) is 0 Å². The second-order valence-corrected chi connectivity index (χ2v) is 6.23. The maximum Gasteiger partial charge on any atom is 0.217 e. The number of hydrogen-bond donors (Lipinski definition) is 1. The van der Waals surface area contributed by atoms with Crippen LogP contribution in [0.4, 0.5) is 0 Å². The van der Waals surface area contributed by atoms with Crippen LogP contribution in [0.1, 0.15) is 26.2 Å². The fraction of sp³-hybridized carbons (Fsp3) is 0.818. The first-order chi connectivity index (χ1) is 7.56. The third-order valence-corrected chi connectivity index (χ3v) is 5.19. The maximum absolute atomic E-state index is 12.0. The Bertz CT molecular complexity index is 327. The molecule has 1 rings (SSSR count). The summed E-state index contributed by atoms with van der Waals surface area (Å²) in [6.07, 6.45) is 4.50. The first-order valence-corrected chi connectivity index (χ1v) is 7.48. The summed E-state index contributed by atoms with van der Waals surface area (Å²) in [7, 11) is -3.19. The van der Waals surface area contributed by atoms with Crippen molar-refractivity contribution in [2.45, 2.75) is 32.2 Å². The Hall–Kier alpha value is -0.390. The van der Waals surface area contributed by atoms with Crippen molar-refractivity contribution in [2.24, 2.45) is 11.7 Å². The molecule has 94 valence electrons. The lowest BCUT2D eigenvalue weighted by molar-refractivity contribution is 0.277. The molecule has 2 N–H and O–H groups in total. The van der Waals surface area contributed by atoms with Gasteiger partial charge in [0.2, 0.25) is 10.0 Å². The smallest absolute Gasteiger partial charge is 0.217 e. The second-order valence-electron chi connectivity index (χ2n) is 4.26. The van der Waals surface area contributed by atoms with Gasteiger partial charge in [-0.1, -0.05) is 19.4 Å². The van der Waals surface area contributed by atoms with Gasteiger partial charge >= 0.3 is 0 Å². The molecular formula is C11H22N2O2S. The Kier molecular flexibility index (Phi) is 4.95. The molecule has 0 aromatic carbocycles. The minimum absolute atomic E-state index is 0.0225. The highest BCUT2D eigenvalue weighted by Crippen LogP contribution is 2.30. The minimum atomic E-state index is -3.19. The van der Waals surface area contributed by atoms with Crippen LogP contribution < -0.4 is 5.73 Å². The minimum Gasteiger partial charge on any atom is -0.330 e. The van der Waals surface area contributed by atoms with Crippen molar-refractivity contribution in [3.8, 4) is 0 Å². The fourth-order valence-electron chi connectivity index (χ4n) is 2.55. The van der Waals surface area contributed by atoms with Crippen LogP contribution in [0.3, 0.4) is 0 Å². The van der Waals surface area contributed by atoms with E-state index in [1.54, 1.807) is 4.31 Å². The van der Waals surface area contributed by atoms with E-state index in [4.69, 9.17) is 5.73 Å². The molecule has 5 heteroatoms. The van der Waals surface area contributed by atoms with Crippen molar-refractivity contribution >= 4 is 10.0 Å². The molecule has 4 nitrogen and oxygen atoms in total. The first-order valence-electron chi connectivity index (χ1n) is 5.87. The van der Waals surface area contributed by atoms with E-state index < -0.39 is 10.0 Å². The van der Waals surface area contributed by atoms with Gasteiger partial charge in [0.25, 0.3) is 0 Å². The summed E-state index contributed by atoms with van der Waals surface area (Å²) in [5.41, 5.74) is 5.69. The van der Waals surface area contributed by atoms with E-state index in [1.807, 2.05) is 6.92 Å². The zero-order valence-corrected chi connectivity index (χ0v) is 10.7. The molecule has 2 unspecified atom stereocenters. The van der Waals surface area contributed by atoms with Crippen LogP contribution in [-0.4, -0.2) is 37.6 Å². The third kappa shape index (κ3) is 2.84. The van der Waals surface area contributed by atoms with Gasteiger partial charge in [-0.05, 0) is 25.3 Å². The van der Waals surface area contributed by atoms with Crippen molar-refractivity contribution in [2.75, 3.05) is 18.8 Å². The topological polar surface area (TPSA) is 63.4 Å². The molecule has 0 aromatic heterocycles. The molecule has 0 spiro atoms. The molecule has 0 bridgehead atoms. The monoisotopic (exact) mass is 246 g/mol. The van der Waals surface area contributed by atoms with Gasteiger partial charge in [-0.2, -0.15) is 4.31 Å². The van der Waals surface area contributed by atoms with E-state index in [0.717, 1.165) is 19.3 Å². The van der Waals surface area contributed by atoms with Crippen molar-refractivity contribution in [1.29, 1.82) is 0 Å². The zero-order valence-electron chi connectivity index (χ0n) is 9.93. The average Bonchev–Trinajstić information content (AvgIpc) is 2.66. The van der Waals surface area contributed by atoms with Crippen molar-refractivity contribution in [3.05, 3.63) is 12.7 Å². The van der Waals surface area contributed by atoms with Crippen LogP contribution in [0.25, 0.3) is 0 Å². The lowest BCUT2D eigenvalue weighted by atomic mass is 10.0. The lowest BCUT2D eigenvalue weighted by Gasteiger charge is -2.30. The van der Waals surface area contributed by atoms with Crippen LogP contribution in [0.2, 0.25) is 0 Å². The molecule has 1 saturated carbocycles. The first kappa shape index (κ1) is 13.7. The Labute approximate surface area is 98.6 Å². The van der Waals surface area contributed by atoms with Gasteiger partial charge in [0.05, 0.1) is 5.75 Å². The molecule has 2 atom stereocenters. The number of nitrogens with two attached hydrogens (primary N) is 1. The summed E-state index contributed by atoms with van der Waals surface area (Å²) in [5.74, 6) is 0.341. The second kappa shape index (κ2) is 5.80. The molecule has 16 heavy (non-hydrogen) atoms. The van der Waals surface area contributed by atoms with Crippen LogP contribution in [-0.2, 0) is 10.0 Å². The van der Waals surface area contributed by atoms with Crippen molar-refractivity contribution < 1.29 is 8.42 Å². The molecule has 0 radical (unpaired) electrons. The predicted molar refractivity (Wildman–Crippen MR) is 66.5 cm³/mol. The summed E-state index contributed by atoms with van der Waals surface area (Å²) >= 11 is 0. The van der Waals surface area contributed by atoms with E-state index in [1.165, 1.54) is 6.08 Å². The number of rotatable bonds is 6. The summed E-state index contributed by atoms with van der Waals surface area (Å²) < 4.78 is 25.7. The van der Waals surface area contributed by atoms with Gasteiger partial charge in [0.15, 0.2) is 0 Å². The molecule has 0 amide bonds. The lowest BCUT2D eigenvalue weighted by Crippen LogP contribution is -2.44. The van der Waals surface area contributed by atoms with E-state index in [-0.39, 0.29) is 11.8 Å². The van der Waals surface area contributed by atoms with Crippen LogP contribution >= 0.6 is 0 Å². The van der Waals surface area contributed by atoms with Crippen molar-refractivity contribution in [1.82, 2.24) is 4.31 Å². The fourth-order valence-corrected chi connectivity index (χ4v) is 4.13. The largest absolute Gasteiger partial charge is 0.330 e. The SMILES string of the molecule is C=CCS(=O)(=O)N(CC)C1CCCC1CN. The Morgan fingerprint density at radius 2 is 2.19 bits per heavy atom. The van der Waals surface area contributed by atoms with Gasteiger partial charge in [0, 0.05) is 12.6 Å². The molecule has 0 aliphatic heterocycles. The van der Waals surface area contributed by atoms with E-state index >= 15 is 0 Å². The summed E-state index contributed by atoms with van der Waals surface area (Å²) in [6.45, 7) is 6.48. The maximum atomic E-state index is 12.0. The normalized spacial score (nSPS) is 26.2. The van der Waals surface area contributed by atoms with Gasteiger partial charge in [-0.25, -0.2) is 8.42 Å². The van der Waals surface area contributed by atoms with Gasteiger partial charge in [-0.15, -0.1) is 6.58 Å². The van der Waals surface area contributed by atoms with E-state index in [0.29, 0.717) is 19.0 Å². The summed E-state index contributed by atoms with van der Waals surface area (Å²) in [4.78, 5) is 0. The van der Waals surface area contributed by atoms with Crippen LogP contribution in [0, 0.1) is 5.92 Å². The Balaban J connectivity index is 2.85. The molecule has 1 aliphatic rings. The molecular weight excluding hydrogens is 224 g/mol. The number of sulfonamides is 1. The summed E-state index contributed by atoms with van der Waals surface area (Å²) in [5, 5.41) is 0. The molecule has 0 saturated heterocycles. The quantitative estimate of drug-likeness (QED) is 0.710. The van der Waals surface area contributed by atoms with Gasteiger partial charge in [-0.3, -0.25) is 0 Å². The van der Waals surface area contributed by atoms with Crippen LogP contribution in [0.15, 0.2) is 12.7 Å². The summed E-state index contributed by atoms with van der Waals surface area (Å²) in [6, 6.07) is 0.0972. The van der Waals surface area contributed by atoms with Gasteiger partial charge < -0.3 is 5.73 Å². The number of hydrogen-bond acceptors (Lipinski definition) is 3. The highest BCUT2D eigenvalue weighted by molar-refractivity contribution is 7.89. The molecule has 1 fully saturated rings.